The van der Waals surface area contributed by atoms with Crippen molar-refractivity contribution in [1.29, 1.82) is 0 Å². The van der Waals surface area contributed by atoms with E-state index < -0.39 is 10.0 Å². The first-order valence-electron chi connectivity index (χ1n) is 6.48. The molecule has 0 spiro atoms. The van der Waals surface area contributed by atoms with Crippen LogP contribution in [0.3, 0.4) is 0 Å². The molecule has 0 aromatic carbocycles. The van der Waals surface area contributed by atoms with Crippen LogP contribution in [0, 0.1) is 12.8 Å². The Bertz CT molecular complexity index is 565. The Labute approximate surface area is 126 Å². The van der Waals surface area contributed by atoms with Gasteiger partial charge in [-0.3, -0.25) is 0 Å². The number of nitrogens with zero attached hydrogens (tertiary/aromatic N) is 1. The van der Waals surface area contributed by atoms with Crippen LogP contribution in [0.4, 0.5) is 0 Å². The number of fused-ring (bicyclic) bond motifs is 1. The summed E-state index contributed by atoms with van der Waals surface area (Å²) in [7, 11) is -3.34. The van der Waals surface area contributed by atoms with Gasteiger partial charge in [0.15, 0.2) is 0 Å². The maximum Gasteiger partial charge on any atom is 0.252 e. The normalized spacial score (nSPS) is 28.5. The summed E-state index contributed by atoms with van der Waals surface area (Å²) in [6.07, 6.45) is 2.10. The van der Waals surface area contributed by atoms with Crippen molar-refractivity contribution in [3.63, 3.8) is 0 Å². The Morgan fingerprint density at radius 1 is 1.47 bits per heavy atom. The van der Waals surface area contributed by atoms with Crippen LogP contribution in [0.1, 0.15) is 18.4 Å². The predicted octanol–water partition coefficient (Wildman–Crippen LogP) is 2.19. The van der Waals surface area contributed by atoms with Crippen molar-refractivity contribution >= 4 is 37.3 Å². The summed E-state index contributed by atoms with van der Waals surface area (Å²) in [5, 5.41) is 3.32. The zero-order chi connectivity index (χ0) is 13.6. The SMILES string of the molecule is Cc1cc(S(=O)(=O)N2CCCC3CNCC32)sc1Br. The molecule has 1 aromatic heterocycles. The molecule has 19 heavy (non-hydrogen) atoms. The second kappa shape index (κ2) is 5.11. The lowest BCUT2D eigenvalue weighted by Crippen LogP contribution is -2.47. The molecule has 106 valence electrons. The standard InChI is InChI=1S/C12H17BrN2O2S2/c1-8-5-11(18-12(8)13)19(16,17)15-4-2-3-9-6-14-7-10(9)15/h5,9-10,14H,2-4,6-7H2,1H3. The van der Waals surface area contributed by atoms with Crippen LogP contribution in [0.25, 0.3) is 0 Å². The van der Waals surface area contributed by atoms with Crippen LogP contribution in [0.15, 0.2) is 14.1 Å². The molecule has 2 saturated heterocycles. The fourth-order valence-corrected chi connectivity index (χ4v) is 7.08. The minimum absolute atomic E-state index is 0.139. The molecule has 0 amide bonds. The van der Waals surface area contributed by atoms with Gasteiger partial charge in [0.25, 0.3) is 10.0 Å². The number of hydrogen-bond acceptors (Lipinski definition) is 4. The summed E-state index contributed by atoms with van der Waals surface area (Å²) in [5.74, 6) is 0.480. The van der Waals surface area contributed by atoms with Gasteiger partial charge in [0.05, 0.1) is 3.79 Å². The van der Waals surface area contributed by atoms with Gasteiger partial charge in [-0.15, -0.1) is 11.3 Å². The van der Waals surface area contributed by atoms with Crippen molar-refractivity contribution in [3.8, 4) is 0 Å². The minimum Gasteiger partial charge on any atom is -0.315 e. The summed E-state index contributed by atoms with van der Waals surface area (Å²) >= 11 is 4.73. The average Bonchev–Trinajstić information content (AvgIpc) is 2.96. The molecule has 7 heteroatoms. The van der Waals surface area contributed by atoms with E-state index in [-0.39, 0.29) is 6.04 Å². The number of aryl methyl sites for hydroxylation is 1. The molecule has 4 nitrogen and oxygen atoms in total. The fourth-order valence-electron chi connectivity index (χ4n) is 3.00. The highest BCUT2D eigenvalue weighted by Crippen LogP contribution is 2.36. The van der Waals surface area contributed by atoms with Crippen LogP contribution in [0.5, 0.6) is 0 Å². The maximum absolute atomic E-state index is 12.8. The quantitative estimate of drug-likeness (QED) is 0.874. The van der Waals surface area contributed by atoms with Crippen LogP contribution in [-0.4, -0.2) is 38.4 Å². The largest absolute Gasteiger partial charge is 0.315 e. The first kappa shape index (κ1) is 14.0. The molecule has 2 atom stereocenters. The molecule has 1 N–H and O–H groups in total. The van der Waals surface area contributed by atoms with Crippen molar-refractivity contribution in [3.05, 3.63) is 15.4 Å². The third-order valence-corrected chi connectivity index (χ3v) is 8.54. The fraction of sp³-hybridized carbons (Fsp3) is 0.667. The molecule has 0 radical (unpaired) electrons. The zero-order valence-corrected chi connectivity index (χ0v) is 13.9. The van der Waals surface area contributed by atoms with Gasteiger partial charge in [0, 0.05) is 19.1 Å². The van der Waals surface area contributed by atoms with E-state index in [1.165, 1.54) is 11.3 Å². The highest BCUT2D eigenvalue weighted by atomic mass is 79.9. The predicted molar refractivity (Wildman–Crippen MR) is 80.0 cm³/mol. The molecule has 2 unspecified atom stereocenters. The molecule has 1 aromatic rings. The Balaban J connectivity index is 1.95. The van der Waals surface area contributed by atoms with E-state index in [4.69, 9.17) is 0 Å². The summed E-state index contributed by atoms with van der Waals surface area (Å²) in [5.41, 5.74) is 0.988. The molecular formula is C12H17BrN2O2S2. The molecule has 2 fully saturated rings. The molecule has 2 aliphatic heterocycles. The summed E-state index contributed by atoms with van der Waals surface area (Å²) in [4.78, 5) is 0. The van der Waals surface area contributed by atoms with Crippen LogP contribution < -0.4 is 5.32 Å². The van der Waals surface area contributed by atoms with E-state index in [1.54, 1.807) is 10.4 Å². The van der Waals surface area contributed by atoms with Crippen molar-refractivity contribution in [1.82, 2.24) is 9.62 Å². The maximum atomic E-state index is 12.8. The molecule has 0 saturated carbocycles. The van der Waals surface area contributed by atoms with Gasteiger partial charge in [-0.1, -0.05) is 0 Å². The Morgan fingerprint density at radius 2 is 2.26 bits per heavy atom. The van der Waals surface area contributed by atoms with Crippen molar-refractivity contribution < 1.29 is 8.42 Å². The molecular weight excluding hydrogens is 348 g/mol. The Kier molecular flexibility index (Phi) is 3.77. The van der Waals surface area contributed by atoms with Crippen molar-refractivity contribution in [2.24, 2.45) is 5.92 Å². The number of halogens is 1. The van der Waals surface area contributed by atoms with Crippen LogP contribution in [-0.2, 0) is 10.0 Å². The van der Waals surface area contributed by atoms with Gasteiger partial charge in [-0.05, 0) is 59.8 Å². The van der Waals surface area contributed by atoms with E-state index >= 15 is 0 Å². The van der Waals surface area contributed by atoms with E-state index in [1.807, 2.05) is 6.92 Å². The average molecular weight is 365 g/mol. The third-order valence-electron chi connectivity index (χ3n) is 4.03. The number of rotatable bonds is 2. The van der Waals surface area contributed by atoms with Gasteiger partial charge < -0.3 is 5.32 Å². The summed E-state index contributed by atoms with van der Waals surface area (Å²) in [6, 6.07) is 1.91. The van der Waals surface area contributed by atoms with E-state index in [9.17, 15) is 8.42 Å². The van der Waals surface area contributed by atoms with Crippen LogP contribution >= 0.6 is 27.3 Å². The molecule has 0 aliphatic carbocycles. The number of nitrogens with one attached hydrogen (secondary N) is 1. The van der Waals surface area contributed by atoms with Gasteiger partial charge in [0.1, 0.15) is 4.21 Å². The smallest absolute Gasteiger partial charge is 0.252 e. The van der Waals surface area contributed by atoms with E-state index in [0.717, 1.165) is 35.3 Å². The highest BCUT2D eigenvalue weighted by molar-refractivity contribution is 9.11. The first-order valence-corrected chi connectivity index (χ1v) is 9.53. The van der Waals surface area contributed by atoms with Crippen molar-refractivity contribution in [2.45, 2.75) is 30.0 Å². The van der Waals surface area contributed by atoms with Gasteiger partial charge >= 0.3 is 0 Å². The van der Waals surface area contributed by atoms with Crippen LogP contribution in [0.2, 0.25) is 0 Å². The summed E-state index contributed by atoms with van der Waals surface area (Å²) < 4.78 is 28.7. The zero-order valence-electron chi connectivity index (χ0n) is 10.7. The third kappa shape index (κ3) is 2.40. The van der Waals surface area contributed by atoms with Gasteiger partial charge in [-0.25, -0.2) is 8.42 Å². The van der Waals surface area contributed by atoms with Gasteiger partial charge in [0.2, 0.25) is 0 Å². The van der Waals surface area contributed by atoms with E-state index in [0.29, 0.717) is 16.7 Å². The number of thiophene rings is 1. The first-order chi connectivity index (χ1) is 9.00. The Hall–Kier alpha value is 0.0500. The van der Waals surface area contributed by atoms with Gasteiger partial charge in [-0.2, -0.15) is 4.31 Å². The molecule has 0 bridgehead atoms. The van der Waals surface area contributed by atoms with E-state index in [2.05, 4.69) is 21.2 Å². The lowest BCUT2D eigenvalue weighted by molar-refractivity contribution is 0.218. The minimum atomic E-state index is -3.34. The van der Waals surface area contributed by atoms with Crippen molar-refractivity contribution in [2.75, 3.05) is 19.6 Å². The second-order valence-corrected chi connectivity index (χ2v) is 9.75. The second-order valence-electron chi connectivity index (χ2n) is 5.27. The molecule has 3 heterocycles. The number of hydrogen-bond donors (Lipinski definition) is 1. The molecule has 2 aliphatic rings. The summed E-state index contributed by atoms with van der Waals surface area (Å²) in [6.45, 7) is 4.31. The topological polar surface area (TPSA) is 49.4 Å². The lowest BCUT2D eigenvalue weighted by Gasteiger charge is -2.35. The monoisotopic (exact) mass is 364 g/mol. The number of sulfonamides is 1. The number of piperidine rings is 1. The molecule has 3 rings (SSSR count). The Morgan fingerprint density at radius 3 is 2.95 bits per heavy atom. The lowest BCUT2D eigenvalue weighted by atomic mass is 9.94. The highest BCUT2D eigenvalue weighted by Gasteiger charge is 2.41.